The average Bonchev–Trinajstić information content (AvgIpc) is 3.13. The highest BCUT2D eigenvalue weighted by molar-refractivity contribution is 6.86. The molecule has 1 saturated carbocycles. The van der Waals surface area contributed by atoms with E-state index in [0.29, 0.717) is 0 Å². The second-order valence-corrected chi connectivity index (χ2v) is 20.0. The number of hydrogen-bond acceptors (Lipinski definition) is 0. The molecule has 131 valence electrons. The molecule has 0 saturated heterocycles. The van der Waals surface area contributed by atoms with E-state index in [1.54, 1.807) is 27.5 Å². The van der Waals surface area contributed by atoms with Gasteiger partial charge in [0.25, 0.3) is 0 Å². The second kappa shape index (κ2) is 6.60. The fourth-order valence-electron chi connectivity index (χ4n) is 4.62. The minimum atomic E-state index is -1.32. The van der Waals surface area contributed by atoms with Crippen molar-refractivity contribution in [3.8, 4) is 0 Å². The van der Waals surface area contributed by atoms with Gasteiger partial charge in [0.1, 0.15) is 0 Å². The molecule has 0 bridgehead atoms. The van der Waals surface area contributed by atoms with Gasteiger partial charge in [-0.3, -0.25) is 0 Å². The summed E-state index contributed by atoms with van der Waals surface area (Å²) in [5.74, 6) is 0.825. The maximum atomic E-state index is 2.52. The number of rotatable bonds is 4. The lowest BCUT2D eigenvalue weighted by molar-refractivity contribution is 0.407. The van der Waals surface area contributed by atoms with Crippen LogP contribution in [0.3, 0.4) is 0 Å². The third kappa shape index (κ3) is 3.50. The molecule has 1 radical (unpaired) electrons. The fourth-order valence-corrected chi connectivity index (χ4v) is 7.98. The molecule has 0 N–H and O–H groups in total. The van der Waals surface area contributed by atoms with Gasteiger partial charge >= 0.3 is 0 Å². The average molecular weight is 356 g/mol. The maximum Gasteiger partial charge on any atom is 0.0779 e. The van der Waals surface area contributed by atoms with Crippen LogP contribution >= 0.6 is 0 Å². The largest absolute Gasteiger partial charge is 0.0798 e. The Morgan fingerprint density at radius 2 is 1.46 bits per heavy atom. The first kappa shape index (κ1) is 18.2. The summed E-state index contributed by atoms with van der Waals surface area (Å²) in [7, 11) is -2.64. The minimum absolute atomic E-state index is 0.825. The standard InChI is InChI=1S/C22H35Si2/c1-23(2,3)20-15-16-21(24(4,5)6)22(20)19-14-10-13-18(19)17-11-8-7-9-12-17/h10,13,15-17H,7-9,11-12,14H2,1-6H3. The molecule has 24 heavy (non-hydrogen) atoms. The summed E-state index contributed by atoms with van der Waals surface area (Å²) in [6.07, 6.45) is 18.2. The summed E-state index contributed by atoms with van der Waals surface area (Å²) in [5, 5.41) is 1.71. The zero-order valence-corrected chi connectivity index (χ0v) is 18.6. The summed E-state index contributed by atoms with van der Waals surface area (Å²) in [4.78, 5) is 0. The third-order valence-corrected chi connectivity index (χ3v) is 9.95. The highest BCUT2D eigenvalue weighted by Crippen LogP contribution is 2.47. The third-order valence-electron chi connectivity index (χ3n) is 5.89. The van der Waals surface area contributed by atoms with Crippen molar-refractivity contribution in [1.82, 2.24) is 0 Å². The van der Waals surface area contributed by atoms with Crippen molar-refractivity contribution in [2.75, 3.05) is 0 Å². The van der Waals surface area contributed by atoms with E-state index < -0.39 is 16.1 Å². The molecule has 0 aromatic heterocycles. The van der Waals surface area contributed by atoms with E-state index >= 15 is 0 Å². The molecule has 0 amide bonds. The molecule has 3 aliphatic rings. The van der Waals surface area contributed by atoms with E-state index in [-0.39, 0.29) is 0 Å². The van der Waals surface area contributed by atoms with Gasteiger partial charge in [0.15, 0.2) is 0 Å². The lowest BCUT2D eigenvalue weighted by Gasteiger charge is -2.32. The molecule has 0 aromatic carbocycles. The van der Waals surface area contributed by atoms with Gasteiger partial charge in [-0.1, -0.05) is 88.0 Å². The Morgan fingerprint density at radius 3 is 2.04 bits per heavy atom. The fraction of sp³-hybridized carbons (Fsp3) is 0.591. The van der Waals surface area contributed by atoms with Gasteiger partial charge in [-0.2, -0.15) is 0 Å². The zero-order valence-electron chi connectivity index (χ0n) is 16.6. The second-order valence-electron chi connectivity index (χ2n) is 9.91. The molecule has 0 unspecified atom stereocenters. The molecule has 3 rings (SSSR count). The van der Waals surface area contributed by atoms with Crippen molar-refractivity contribution in [3.05, 3.63) is 51.8 Å². The summed E-state index contributed by atoms with van der Waals surface area (Å²) in [5.41, 5.74) is 6.84. The van der Waals surface area contributed by atoms with Crippen molar-refractivity contribution in [2.45, 2.75) is 77.8 Å². The lowest BCUT2D eigenvalue weighted by atomic mass is 9.81. The zero-order chi connectivity index (χ0) is 17.5. The smallest absolute Gasteiger partial charge is 0.0779 e. The molecule has 0 atom stereocenters. The maximum absolute atomic E-state index is 2.52. The van der Waals surface area contributed by atoms with Crippen LogP contribution in [-0.4, -0.2) is 16.1 Å². The molecule has 1 fully saturated rings. The van der Waals surface area contributed by atoms with E-state index in [4.69, 9.17) is 0 Å². The van der Waals surface area contributed by atoms with E-state index in [0.717, 1.165) is 5.92 Å². The van der Waals surface area contributed by atoms with Crippen LogP contribution in [0, 0.1) is 11.5 Å². The monoisotopic (exact) mass is 355 g/mol. The van der Waals surface area contributed by atoms with Gasteiger partial charge in [0.05, 0.1) is 16.1 Å². The van der Waals surface area contributed by atoms with Gasteiger partial charge in [0.2, 0.25) is 0 Å². The lowest BCUT2D eigenvalue weighted by Crippen LogP contribution is -2.33. The topological polar surface area (TPSA) is 0 Å². The molecular weight excluding hydrogens is 320 g/mol. The Labute approximate surface area is 151 Å². The van der Waals surface area contributed by atoms with Crippen molar-refractivity contribution in [3.63, 3.8) is 0 Å². The molecule has 2 heteroatoms. The van der Waals surface area contributed by atoms with Crippen molar-refractivity contribution in [2.24, 2.45) is 5.92 Å². The van der Waals surface area contributed by atoms with Crippen molar-refractivity contribution in [1.29, 1.82) is 0 Å². The van der Waals surface area contributed by atoms with Crippen LogP contribution in [0.1, 0.15) is 38.5 Å². The quantitative estimate of drug-likeness (QED) is 0.475. The van der Waals surface area contributed by atoms with Crippen molar-refractivity contribution >= 4 is 16.1 Å². The summed E-state index contributed by atoms with van der Waals surface area (Å²) in [6, 6.07) is 0. The van der Waals surface area contributed by atoms with Crippen LogP contribution in [0.5, 0.6) is 0 Å². The van der Waals surface area contributed by atoms with Crippen LogP contribution in [0.25, 0.3) is 0 Å². The predicted molar refractivity (Wildman–Crippen MR) is 113 cm³/mol. The first-order valence-corrected chi connectivity index (χ1v) is 16.9. The molecule has 0 spiro atoms. The number of allylic oxidation sites excluding steroid dienone is 8. The Morgan fingerprint density at radius 1 is 0.792 bits per heavy atom. The molecule has 0 aromatic rings. The Balaban J connectivity index is 2.08. The Hall–Kier alpha value is -0.606. The van der Waals surface area contributed by atoms with E-state index in [1.165, 1.54) is 38.5 Å². The predicted octanol–water partition coefficient (Wildman–Crippen LogP) is 7.02. The molecule has 0 heterocycles. The summed E-state index contributed by atoms with van der Waals surface area (Å²) in [6.45, 7) is 15.1. The normalized spacial score (nSPS) is 23.9. The van der Waals surface area contributed by atoms with Crippen LogP contribution < -0.4 is 0 Å². The highest BCUT2D eigenvalue weighted by atomic mass is 28.3. The van der Waals surface area contributed by atoms with Gasteiger partial charge in [-0.05, 0) is 41.9 Å². The summed E-state index contributed by atoms with van der Waals surface area (Å²) >= 11 is 0. The number of hydrogen-bond donors (Lipinski definition) is 0. The van der Waals surface area contributed by atoms with Crippen molar-refractivity contribution < 1.29 is 0 Å². The molecule has 0 nitrogen and oxygen atoms in total. The molecule has 3 aliphatic carbocycles. The Kier molecular flexibility index (Phi) is 5.01. The van der Waals surface area contributed by atoms with Gasteiger partial charge in [-0.15, -0.1) is 0 Å². The van der Waals surface area contributed by atoms with E-state index in [9.17, 15) is 0 Å². The van der Waals surface area contributed by atoms with Crippen LogP contribution in [0.2, 0.25) is 39.3 Å². The summed E-state index contributed by atoms with van der Waals surface area (Å²) < 4.78 is 0. The Bertz CT molecular complexity index is 611. The first-order chi connectivity index (χ1) is 11.2. The first-order valence-electron chi connectivity index (χ1n) is 9.90. The van der Waals surface area contributed by atoms with Gasteiger partial charge < -0.3 is 0 Å². The molecular formula is C22H35Si2. The van der Waals surface area contributed by atoms with E-state index in [2.05, 4.69) is 63.6 Å². The van der Waals surface area contributed by atoms with Crippen LogP contribution in [0.4, 0.5) is 0 Å². The van der Waals surface area contributed by atoms with E-state index in [1.807, 2.05) is 0 Å². The van der Waals surface area contributed by atoms with Crippen LogP contribution in [0.15, 0.2) is 46.2 Å². The van der Waals surface area contributed by atoms with Crippen LogP contribution in [-0.2, 0) is 0 Å². The molecule has 0 aliphatic heterocycles. The minimum Gasteiger partial charge on any atom is -0.0798 e. The van der Waals surface area contributed by atoms with Gasteiger partial charge in [-0.25, -0.2) is 0 Å². The highest BCUT2D eigenvalue weighted by Gasteiger charge is 2.39. The van der Waals surface area contributed by atoms with Gasteiger partial charge in [0, 0.05) is 5.54 Å². The SMILES string of the molecule is C[Si](C)(C)[C]1C=CC([Si](C)(C)C)=C1C1=C(C2CCCCC2)C=CC1.